The van der Waals surface area contributed by atoms with Crippen molar-refractivity contribution in [2.75, 3.05) is 0 Å². The summed E-state index contributed by atoms with van der Waals surface area (Å²) in [7, 11) is 0. The summed E-state index contributed by atoms with van der Waals surface area (Å²) in [4.78, 5) is 7.72. The number of aromatic amines is 1. The third-order valence-corrected chi connectivity index (χ3v) is 3.16. The number of aromatic nitrogens is 2. The Labute approximate surface area is 134 Å². The molecule has 0 atom stereocenters. The van der Waals surface area contributed by atoms with Gasteiger partial charge in [0, 0.05) is 10.6 Å². The highest BCUT2D eigenvalue weighted by Gasteiger charge is 2.08. The molecular formula is C14H14Cl3N3. The van der Waals surface area contributed by atoms with E-state index in [0.717, 1.165) is 33.0 Å². The van der Waals surface area contributed by atoms with Gasteiger partial charge in [0.25, 0.3) is 0 Å². The number of fused-ring (bicyclic) bond motifs is 1. The molecule has 0 aliphatic heterocycles. The van der Waals surface area contributed by atoms with E-state index in [4.69, 9.17) is 17.3 Å². The van der Waals surface area contributed by atoms with Gasteiger partial charge in [-0.1, -0.05) is 35.9 Å². The van der Waals surface area contributed by atoms with E-state index < -0.39 is 0 Å². The molecule has 3 nitrogen and oxygen atoms in total. The summed E-state index contributed by atoms with van der Waals surface area (Å²) in [6.45, 7) is 0.411. The number of H-pyrrole nitrogens is 1. The van der Waals surface area contributed by atoms with Crippen LogP contribution in [0.15, 0.2) is 42.5 Å². The number of nitrogens with one attached hydrogen (secondary N) is 1. The molecule has 1 aromatic heterocycles. The van der Waals surface area contributed by atoms with Crippen LogP contribution in [-0.2, 0) is 6.54 Å². The van der Waals surface area contributed by atoms with Crippen molar-refractivity contribution in [1.82, 2.24) is 9.97 Å². The van der Waals surface area contributed by atoms with Crippen LogP contribution in [0.2, 0.25) is 5.02 Å². The molecule has 0 aliphatic carbocycles. The maximum absolute atomic E-state index is 5.91. The Kier molecular flexibility index (Phi) is 5.84. The highest BCUT2D eigenvalue weighted by molar-refractivity contribution is 6.30. The lowest BCUT2D eigenvalue weighted by atomic mass is 10.0. The van der Waals surface area contributed by atoms with Crippen molar-refractivity contribution in [3.63, 3.8) is 0 Å². The Hall–Kier alpha value is -1.26. The number of halogens is 3. The predicted molar refractivity (Wildman–Crippen MR) is 88.9 cm³/mol. The number of imidazole rings is 1. The summed E-state index contributed by atoms with van der Waals surface area (Å²) >= 11 is 5.91. The van der Waals surface area contributed by atoms with Crippen LogP contribution in [-0.4, -0.2) is 9.97 Å². The zero-order valence-electron chi connectivity index (χ0n) is 10.5. The quantitative estimate of drug-likeness (QED) is 0.740. The second kappa shape index (κ2) is 6.95. The molecule has 0 spiro atoms. The zero-order valence-corrected chi connectivity index (χ0v) is 12.9. The van der Waals surface area contributed by atoms with E-state index in [1.165, 1.54) is 0 Å². The maximum atomic E-state index is 5.91. The van der Waals surface area contributed by atoms with E-state index in [1.807, 2.05) is 42.5 Å². The van der Waals surface area contributed by atoms with Crippen molar-refractivity contribution in [3.8, 4) is 11.1 Å². The summed E-state index contributed by atoms with van der Waals surface area (Å²) < 4.78 is 0. The van der Waals surface area contributed by atoms with Crippen LogP contribution >= 0.6 is 36.4 Å². The summed E-state index contributed by atoms with van der Waals surface area (Å²) in [5.41, 5.74) is 9.74. The van der Waals surface area contributed by atoms with Gasteiger partial charge in [-0.3, -0.25) is 0 Å². The monoisotopic (exact) mass is 329 g/mol. The lowest BCUT2D eigenvalue weighted by molar-refractivity contribution is 0.959. The third-order valence-electron chi connectivity index (χ3n) is 2.91. The number of nitrogens with zero attached hydrogens (tertiary/aromatic N) is 1. The Balaban J connectivity index is 0.000001000. The van der Waals surface area contributed by atoms with Crippen LogP contribution in [0.25, 0.3) is 22.2 Å². The number of para-hydroxylation sites is 1. The van der Waals surface area contributed by atoms with Crippen molar-refractivity contribution < 1.29 is 0 Å². The highest BCUT2D eigenvalue weighted by atomic mass is 35.5. The normalized spacial score (nSPS) is 9.90. The van der Waals surface area contributed by atoms with Crippen molar-refractivity contribution in [1.29, 1.82) is 0 Å². The van der Waals surface area contributed by atoms with Gasteiger partial charge in [-0.25, -0.2) is 4.98 Å². The van der Waals surface area contributed by atoms with E-state index >= 15 is 0 Å². The molecule has 3 N–H and O–H groups in total. The van der Waals surface area contributed by atoms with Crippen LogP contribution in [0.4, 0.5) is 0 Å². The molecule has 0 radical (unpaired) electrons. The molecule has 0 fully saturated rings. The largest absolute Gasteiger partial charge is 0.341 e. The topological polar surface area (TPSA) is 54.7 Å². The molecule has 1 heterocycles. The van der Waals surface area contributed by atoms with Gasteiger partial charge in [-0.2, -0.15) is 0 Å². The molecule has 0 aliphatic rings. The second-order valence-corrected chi connectivity index (χ2v) is 4.53. The first kappa shape index (κ1) is 16.8. The molecule has 0 amide bonds. The Morgan fingerprint density at radius 1 is 1.05 bits per heavy atom. The minimum absolute atomic E-state index is 0. The zero-order chi connectivity index (χ0) is 12.5. The summed E-state index contributed by atoms with van der Waals surface area (Å²) in [6.07, 6.45) is 0. The molecular weight excluding hydrogens is 317 g/mol. The Morgan fingerprint density at radius 3 is 2.40 bits per heavy atom. The lowest BCUT2D eigenvalue weighted by Gasteiger charge is -2.02. The number of hydrogen-bond donors (Lipinski definition) is 2. The van der Waals surface area contributed by atoms with Crippen LogP contribution < -0.4 is 5.73 Å². The van der Waals surface area contributed by atoms with Crippen molar-refractivity contribution in [2.24, 2.45) is 5.73 Å². The minimum atomic E-state index is 0. The molecule has 2 aromatic carbocycles. The van der Waals surface area contributed by atoms with E-state index in [9.17, 15) is 0 Å². The summed E-state index contributed by atoms with van der Waals surface area (Å²) in [5, 5.41) is 0.732. The number of hydrogen-bond acceptors (Lipinski definition) is 2. The fourth-order valence-corrected chi connectivity index (χ4v) is 2.17. The molecule has 0 saturated carbocycles. The van der Waals surface area contributed by atoms with Crippen LogP contribution in [0.1, 0.15) is 5.82 Å². The molecule has 0 saturated heterocycles. The average molecular weight is 331 g/mol. The number of rotatable bonds is 2. The molecule has 3 aromatic rings. The highest BCUT2D eigenvalue weighted by Crippen LogP contribution is 2.28. The smallest absolute Gasteiger partial charge is 0.121 e. The predicted octanol–water partition coefficient (Wildman–Crippen LogP) is 4.19. The van der Waals surface area contributed by atoms with Gasteiger partial charge in [-0.15, -0.1) is 24.8 Å². The van der Waals surface area contributed by atoms with E-state index in [1.54, 1.807) is 0 Å². The van der Waals surface area contributed by atoms with Gasteiger partial charge in [0.05, 0.1) is 17.6 Å². The fourth-order valence-electron chi connectivity index (χ4n) is 2.04. The first-order chi connectivity index (χ1) is 8.78. The van der Waals surface area contributed by atoms with Crippen molar-refractivity contribution >= 4 is 47.4 Å². The van der Waals surface area contributed by atoms with Crippen molar-refractivity contribution in [3.05, 3.63) is 53.3 Å². The van der Waals surface area contributed by atoms with Gasteiger partial charge in [0.15, 0.2) is 0 Å². The Morgan fingerprint density at radius 2 is 1.75 bits per heavy atom. The summed E-state index contributed by atoms with van der Waals surface area (Å²) in [6, 6.07) is 13.8. The minimum Gasteiger partial charge on any atom is -0.341 e. The first-order valence-corrected chi connectivity index (χ1v) is 6.09. The molecule has 0 unspecified atom stereocenters. The standard InChI is InChI=1S/C14H12ClN3.2ClH/c15-10-6-4-9(5-7-10)11-2-1-3-12-14(11)18-13(8-16)17-12;;/h1-7H,8,16H2,(H,17,18);2*1H. The third kappa shape index (κ3) is 3.07. The van der Waals surface area contributed by atoms with Crippen LogP contribution in [0.3, 0.4) is 0 Å². The second-order valence-electron chi connectivity index (χ2n) is 4.10. The van der Waals surface area contributed by atoms with Gasteiger partial charge in [-0.05, 0) is 23.8 Å². The Bertz CT molecular complexity index is 692. The van der Waals surface area contributed by atoms with Gasteiger partial charge < -0.3 is 10.7 Å². The van der Waals surface area contributed by atoms with Crippen molar-refractivity contribution in [2.45, 2.75) is 6.54 Å². The molecule has 20 heavy (non-hydrogen) atoms. The van der Waals surface area contributed by atoms with Crippen LogP contribution in [0.5, 0.6) is 0 Å². The van der Waals surface area contributed by atoms with E-state index in [-0.39, 0.29) is 24.8 Å². The first-order valence-electron chi connectivity index (χ1n) is 5.71. The molecule has 6 heteroatoms. The lowest BCUT2D eigenvalue weighted by Crippen LogP contribution is -1.97. The number of benzene rings is 2. The SMILES string of the molecule is Cl.Cl.NCc1nc2c(-c3ccc(Cl)cc3)cccc2[nH]1. The average Bonchev–Trinajstić information content (AvgIpc) is 2.82. The molecule has 0 bridgehead atoms. The van der Waals surface area contributed by atoms with Gasteiger partial charge in [0.1, 0.15) is 5.82 Å². The van der Waals surface area contributed by atoms with Crippen LogP contribution in [0, 0.1) is 0 Å². The van der Waals surface area contributed by atoms with Gasteiger partial charge >= 0.3 is 0 Å². The maximum Gasteiger partial charge on any atom is 0.121 e. The fraction of sp³-hybridized carbons (Fsp3) is 0.0714. The van der Waals surface area contributed by atoms with E-state index in [2.05, 4.69) is 9.97 Å². The molecule has 106 valence electrons. The van der Waals surface area contributed by atoms with Gasteiger partial charge in [0.2, 0.25) is 0 Å². The molecule has 3 rings (SSSR count). The number of nitrogens with two attached hydrogens (primary N) is 1. The summed E-state index contributed by atoms with van der Waals surface area (Å²) in [5.74, 6) is 0.798. The van der Waals surface area contributed by atoms with E-state index in [0.29, 0.717) is 6.54 Å².